The van der Waals surface area contributed by atoms with Crippen LogP contribution in [0.15, 0.2) is 48.0 Å². The Hall–Kier alpha value is -3.44. The fraction of sp³-hybridized carbons (Fsp3) is 0.417. The highest BCUT2D eigenvalue weighted by molar-refractivity contribution is 5.85. The molecule has 0 aliphatic carbocycles. The third-order valence-corrected chi connectivity index (χ3v) is 5.25. The molecule has 4 rings (SSSR count). The number of carbonyl (C=O) groups excluding carboxylic acids is 1. The molecule has 3 aromatic rings. The maximum absolute atomic E-state index is 12.4. The Labute approximate surface area is 204 Å². The summed E-state index contributed by atoms with van der Waals surface area (Å²) in [5.74, 6) is 4.33. The van der Waals surface area contributed by atoms with Gasteiger partial charge in [0, 0.05) is 55.7 Å². The van der Waals surface area contributed by atoms with Gasteiger partial charge in [-0.2, -0.15) is 5.12 Å². The molecule has 1 aliphatic rings. The summed E-state index contributed by atoms with van der Waals surface area (Å²) < 4.78 is 26.6. The third kappa shape index (κ3) is 7.79. The zero-order valence-electron chi connectivity index (χ0n) is 20.7. The standard InChI is InChI=1S/C16H17N7O.C6H11F2N.C2H6/c1-2-14(17)21-23(18)15-4-3-13(9-19-15)22-6-5-12-7-11(10-24)8-20-16(12)22;1-9-4-2-6(7,8)3-5-9;1-2/h3-10H,2,18H2,1H3,(H2,17,21);2-5H2,1H3;1-2H3. The van der Waals surface area contributed by atoms with E-state index in [1.165, 1.54) is 6.20 Å². The van der Waals surface area contributed by atoms with Gasteiger partial charge in [0.1, 0.15) is 11.5 Å². The normalized spacial score (nSPS) is 15.5. The fourth-order valence-electron chi connectivity index (χ4n) is 3.18. The van der Waals surface area contributed by atoms with Crippen LogP contribution < -0.4 is 16.7 Å². The number of nitrogens with zero attached hydrogens (tertiary/aromatic N) is 6. The number of rotatable bonds is 5. The Kier molecular flexibility index (Phi) is 10.2. The Morgan fingerprint density at radius 2 is 1.89 bits per heavy atom. The second kappa shape index (κ2) is 12.9. The highest BCUT2D eigenvalue weighted by atomic mass is 19.3. The van der Waals surface area contributed by atoms with E-state index in [2.05, 4.69) is 15.1 Å². The van der Waals surface area contributed by atoms with E-state index in [-0.39, 0.29) is 12.8 Å². The van der Waals surface area contributed by atoms with Crippen LogP contribution in [0.3, 0.4) is 0 Å². The minimum Gasteiger partial charge on any atom is -0.386 e. The Balaban J connectivity index is 0.000000329. The van der Waals surface area contributed by atoms with E-state index in [0.29, 0.717) is 36.7 Å². The second-order valence-electron chi connectivity index (χ2n) is 7.81. The molecule has 1 fully saturated rings. The average molecular weight is 489 g/mol. The van der Waals surface area contributed by atoms with Crippen molar-refractivity contribution >= 4 is 29.0 Å². The number of hydrazone groups is 1. The van der Waals surface area contributed by atoms with Gasteiger partial charge in [0.05, 0.1) is 11.9 Å². The topological polar surface area (TPSA) is 119 Å². The van der Waals surface area contributed by atoms with Crippen LogP contribution in [0.2, 0.25) is 0 Å². The molecular weight excluding hydrogens is 454 g/mol. The number of aldehydes is 1. The van der Waals surface area contributed by atoms with Crippen LogP contribution in [-0.4, -0.2) is 57.6 Å². The number of hydrogen-bond acceptors (Lipinski definition) is 7. The fourth-order valence-corrected chi connectivity index (χ4v) is 3.18. The maximum Gasteiger partial charge on any atom is 0.250 e. The van der Waals surface area contributed by atoms with Gasteiger partial charge in [0.25, 0.3) is 5.92 Å². The molecule has 3 aromatic heterocycles. The summed E-state index contributed by atoms with van der Waals surface area (Å²) in [6.45, 7) is 6.96. The minimum absolute atomic E-state index is 0.0312. The van der Waals surface area contributed by atoms with Gasteiger partial charge in [-0.15, -0.1) is 5.10 Å². The van der Waals surface area contributed by atoms with Crippen LogP contribution in [0.25, 0.3) is 16.7 Å². The van der Waals surface area contributed by atoms with Crippen LogP contribution in [0.1, 0.15) is 50.4 Å². The quantitative estimate of drug-likeness (QED) is 0.183. The van der Waals surface area contributed by atoms with Crippen LogP contribution in [-0.2, 0) is 0 Å². The first-order valence-electron chi connectivity index (χ1n) is 11.6. The Bertz CT molecular complexity index is 1100. The summed E-state index contributed by atoms with van der Waals surface area (Å²) in [5.41, 5.74) is 7.77. The molecule has 1 aliphatic heterocycles. The predicted octanol–water partition coefficient (Wildman–Crippen LogP) is 3.97. The molecular formula is C24H34F2N8O. The number of hydrogen-bond donors (Lipinski definition) is 2. The molecule has 0 unspecified atom stereocenters. The first-order valence-corrected chi connectivity index (χ1v) is 11.6. The van der Waals surface area contributed by atoms with E-state index < -0.39 is 5.92 Å². The largest absolute Gasteiger partial charge is 0.386 e. The molecule has 1 saturated heterocycles. The number of halogens is 2. The Morgan fingerprint density at radius 1 is 1.20 bits per heavy atom. The molecule has 190 valence electrons. The van der Waals surface area contributed by atoms with E-state index >= 15 is 0 Å². The number of piperidine rings is 1. The zero-order chi connectivity index (χ0) is 26.0. The van der Waals surface area contributed by atoms with Crippen molar-refractivity contribution in [1.82, 2.24) is 19.4 Å². The maximum atomic E-state index is 12.4. The van der Waals surface area contributed by atoms with Crippen molar-refractivity contribution < 1.29 is 13.6 Å². The average Bonchev–Trinajstić information content (AvgIpc) is 3.30. The van der Waals surface area contributed by atoms with Crippen LogP contribution in [0, 0.1) is 0 Å². The zero-order valence-corrected chi connectivity index (χ0v) is 20.7. The smallest absolute Gasteiger partial charge is 0.250 e. The number of anilines is 1. The van der Waals surface area contributed by atoms with Gasteiger partial charge >= 0.3 is 0 Å². The number of carbonyl (C=O) groups is 1. The van der Waals surface area contributed by atoms with Gasteiger partial charge in [-0.05, 0) is 31.3 Å². The van der Waals surface area contributed by atoms with E-state index in [0.717, 1.165) is 28.1 Å². The molecule has 4 N–H and O–H groups in total. The summed E-state index contributed by atoms with van der Waals surface area (Å²) in [7, 11) is 1.87. The molecule has 35 heavy (non-hydrogen) atoms. The van der Waals surface area contributed by atoms with Crippen LogP contribution >= 0.6 is 0 Å². The van der Waals surface area contributed by atoms with E-state index in [1.807, 2.05) is 55.6 Å². The van der Waals surface area contributed by atoms with E-state index in [1.54, 1.807) is 18.3 Å². The SMILES string of the molecule is CC.CC/C(N)=N/N(N)c1ccc(-n2ccc3cc(C=O)cnc32)cn1.CN1CCC(F)(F)CC1. The van der Waals surface area contributed by atoms with Crippen LogP contribution in [0.5, 0.6) is 0 Å². The number of alkyl halides is 2. The van der Waals surface area contributed by atoms with Crippen molar-refractivity contribution in [3.8, 4) is 5.69 Å². The number of amidine groups is 1. The van der Waals surface area contributed by atoms with E-state index in [4.69, 9.17) is 11.6 Å². The molecule has 11 heteroatoms. The van der Waals surface area contributed by atoms with Crippen molar-refractivity contribution in [1.29, 1.82) is 0 Å². The van der Waals surface area contributed by atoms with Gasteiger partial charge in [-0.25, -0.2) is 24.6 Å². The second-order valence-corrected chi connectivity index (χ2v) is 7.81. The lowest BCUT2D eigenvalue weighted by molar-refractivity contribution is -0.0504. The monoisotopic (exact) mass is 488 g/mol. The third-order valence-electron chi connectivity index (χ3n) is 5.25. The number of aromatic nitrogens is 3. The lowest BCUT2D eigenvalue weighted by atomic mass is 10.1. The lowest BCUT2D eigenvalue weighted by Crippen LogP contribution is -2.36. The van der Waals surface area contributed by atoms with Crippen molar-refractivity contribution in [2.45, 2.75) is 46.0 Å². The molecule has 0 saturated carbocycles. The molecule has 0 amide bonds. The number of hydrazine groups is 1. The molecule has 0 radical (unpaired) electrons. The highest BCUT2D eigenvalue weighted by Crippen LogP contribution is 2.26. The first kappa shape index (κ1) is 27.8. The first-order chi connectivity index (χ1) is 16.7. The number of pyridine rings is 2. The molecule has 4 heterocycles. The van der Waals surface area contributed by atoms with Gasteiger partial charge in [0.2, 0.25) is 0 Å². The molecule has 0 spiro atoms. The molecule has 0 aromatic carbocycles. The van der Waals surface area contributed by atoms with Gasteiger partial charge in [-0.3, -0.25) is 9.36 Å². The lowest BCUT2D eigenvalue weighted by Gasteiger charge is -2.28. The molecule has 9 nitrogen and oxygen atoms in total. The summed E-state index contributed by atoms with van der Waals surface area (Å²) in [4.78, 5) is 21.4. The Morgan fingerprint density at radius 3 is 2.43 bits per heavy atom. The van der Waals surface area contributed by atoms with Crippen LogP contribution in [0.4, 0.5) is 14.6 Å². The van der Waals surface area contributed by atoms with Crippen molar-refractivity contribution in [2.75, 3.05) is 25.3 Å². The minimum atomic E-state index is -2.38. The van der Waals surface area contributed by atoms with Gasteiger partial charge in [-0.1, -0.05) is 20.8 Å². The van der Waals surface area contributed by atoms with Gasteiger partial charge in [0.15, 0.2) is 12.1 Å². The van der Waals surface area contributed by atoms with Crippen molar-refractivity contribution in [3.05, 3.63) is 48.4 Å². The summed E-state index contributed by atoms with van der Waals surface area (Å²) >= 11 is 0. The number of nitrogens with two attached hydrogens (primary N) is 2. The van der Waals surface area contributed by atoms with Crippen molar-refractivity contribution in [2.24, 2.45) is 16.7 Å². The van der Waals surface area contributed by atoms with Crippen molar-refractivity contribution in [3.63, 3.8) is 0 Å². The van der Waals surface area contributed by atoms with Gasteiger partial charge < -0.3 is 10.6 Å². The summed E-state index contributed by atoms with van der Waals surface area (Å²) in [6, 6.07) is 7.28. The van der Waals surface area contributed by atoms with E-state index in [9.17, 15) is 13.6 Å². The predicted molar refractivity (Wildman–Crippen MR) is 136 cm³/mol. The highest BCUT2D eigenvalue weighted by Gasteiger charge is 2.32. The molecule has 0 atom stereocenters. The summed E-state index contributed by atoms with van der Waals surface area (Å²) in [5, 5.41) is 6.04. The summed E-state index contributed by atoms with van der Waals surface area (Å²) in [6.07, 6.45) is 6.52. The number of fused-ring (bicyclic) bond motifs is 1. The molecule has 0 bridgehead atoms. The number of likely N-dealkylation sites (tertiary alicyclic amines) is 1.